The molecule has 1 atom stereocenters. The van der Waals surface area contributed by atoms with Gasteiger partial charge in [0.25, 0.3) is 0 Å². The fourth-order valence-electron chi connectivity index (χ4n) is 1.89. The highest BCUT2D eigenvalue weighted by Crippen LogP contribution is 2.25. The van der Waals surface area contributed by atoms with E-state index in [9.17, 15) is 13.2 Å². The lowest BCUT2D eigenvalue weighted by Crippen LogP contribution is -2.30. The van der Waals surface area contributed by atoms with Crippen LogP contribution in [0.15, 0.2) is 23.1 Å². The molecule has 21 heavy (non-hydrogen) atoms. The van der Waals surface area contributed by atoms with Crippen molar-refractivity contribution in [2.24, 2.45) is 22.7 Å². The van der Waals surface area contributed by atoms with E-state index in [2.05, 4.69) is 5.32 Å². The SMILES string of the molecule is CC(C)CC(CN)C(=O)Nc1cc(S(N)(=O)=O)ccc1Cl. The van der Waals surface area contributed by atoms with E-state index in [-0.39, 0.29) is 34.0 Å². The highest BCUT2D eigenvalue weighted by molar-refractivity contribution is 7.89. The highest BCUT2D eigenvalue weighted by Gasteiger charge is 2.20. The number of nitrogens with two attached hydrogens (primary N) is 2. The van der Waals surface area contributed by atoms with Crippen LogP contribution in [0.5, 0.6) is 0 Å². The van der Waals surface area contributed by atoms with Gasteiger partial charge in [0.05, 0.1) is 21.5 Å². The third-order valence-electron chi connectivity index (χ3n) is 2.94. The molecule has 0 fully saturated rings. The molecule has 5 N–H and O–H groups in total. The zero-order valence-corrected chi connectivity index (χ0v) is 13.5. The van der Waals surface area contributed by atoms with Gasteiger partial charge in [-0.25, -0.2) is 13.6 Å². The van der Waals surface area contributed by atoms with Crippen molar-refractivity contribution >= 4 is 33.2 Å². The van der Waals surface area contributed by atoms with Crippen LogP contribution >= 0.6 is 11.6 Å². The number of benzene rings is 1. The molecule has 8 heteroatoms. The summed E-state index contributed by atoms with van der Waals surface area (Å²) in [5, 5.41) is 7.90. The maximum Gasteiger partial charge on any atom is 0.238 e. The van der Waals surface area contributed by atoms with Crippen molar-refractivity contribution in [1.82, 2.24) is 0 Å². The van der Waals surface area contributed by atoms with Crippen LogP contribution in [0.1, 0.15) is 20.3 Å². The normalized spacial score (nSPS) is 13.2. The van der Waals surface area contributed by atoms with E-state index < -0.39 is 10.0 Å². The predicted octanol–water partition coefficient (Wildman–Crippen LogP) is 1.55. The van der Waals surface area contributed by atoms with Crippen molar-refractivity contribution < 1.29 is 13.2 Å². The fourth-order valence-corrected chi connectivity index (χ4v) is 2.60. The van der Waals surface area contributed by atoms with Gasteiger partial charge >= 0.3 is 0 Å². The monoisotopic (exact) mass is 333 g/mol. The van der Waals surface area contributed by atoms with Gasteiger partial charge in [-0.3, -0.25) is 4.79 Å². The van der Waals surface area contributed by atoms with Gasteiger partial charge in [-0.05, 0) is 30.5 Å². The Balaban J connectivity index is 2.99. The average molecular weight is 334 g/mol. The first-order valence-corrected chi connectivity index (χ1v) is 8.40. The van der Waals surface area contributed by atoms with E-state index in [1.807, 2.05) is 13.8 Å². The Kier molecular flexibility index (Phi) is 6.15. The van der Waals surface area contributed by atoms with Crippen LogP contribution < -0.4 is 16.2 Å². The number of rotatable bonds is 6. The first-order chi connectivity index (χ1) is 9.65. The van der Waals surface area contributed by atoms with Gasteiger partial charge in [0.1, 0.15) is 0 Å². The number of primary sulfonamides is 1. The van der Waals surface area contributed by atoms with Crippen molar-refractivity contribution in [3.8, 4) is 0 Å². The van der Waals surface area contributed by atoms with Crippen LogP contribution in [-0.4, -0.2) is 20.9 Å². The molecule has 0 spiro atoms. The van der Waals surface area contributed by atoms with E-state index in [1.165, 1.54) is 18.2 Å². The Hall–Kier alpha value is -1.15. The van der Waals surface area contributed by atoms with Gasteiger partial charge < -0.3 is 11.1 Å². The fraction of sp³-hybridized carbons (Fsp3) is 0.462. The molecule has 0 aliphatic rings. The van der Waals surface area contributed by atoms with Crippen molar-refractivity contribution in [1.29, 1.82) is 0 Å². The summed E-state index contributed by atoms with van der Waals surface area (Å²) in [6.07, 6.45) is 0.634. The number of amides is 1. The van der Waals surface area contributed by atoms with Gasteiger partial charge in [-0.1, -0.05) is 25.4 Å². The summed E-state index contributed by atoms with van der Waals surface area (Å²) in [5.74, 6) is -0.339. The van der Waals surface area contributed by atoms with E-state index in [0.29, 0.717) is 12.3 Å². The zero-order chi connectivity index (χ0) is 16.2. The first kappa shape index (κ1) is 17.9. The molecule has 1 amide bonds. The molecule has 1 aromatic rings. The minimum Gasteiger partial charge on any atom is -0.330 e. The molecule has 1 unspecified atom stereocenters. The number of hydrogen-bond donors (Lipinski definition) is 3. The third kappa shape index (κ3) is 5.28. The second kappa shape index (κ2) is 7.22. The molecular formula is C13H20ClN3O3S. The molecular weight excluding hydrogens is 314 g/mol. The van der Waals surface area contributed by atoms with Crippen molar-refractivity contribution in [3.63, 3.8) is 0 Å². The van der Waals surface area contributed by atoms with Crippen LogP contribution in [0.3, 0.4) is 0 Å². The van der Waals surface area contributed by atoms with E-state index in [0.717, 1.165) is 0 Å². The van der Waals surface area contributed by atoms with Gasteiger partial charge in [-0.15, -0.1) is 0 Å². The summed E-state index contributed by atoms with van der Waals surface area (Å²) >= 11 is 5.96. The largest absolute Gasteiger partial charge is 0.330 e. The number of sulfonamides is 1. The highest BCUT2D eigenvalue weighted by atomic mass is 35.5. The number of nitrogens with one attached hydrogen (secondary N) is 1. The Morgan fingerprint density at radius 3 is 2.48 bits per heavy atom. The topological polar surface area (TPSA) is 115 Å². The lowest BCUT2D eigenvalue weighted by molar-refractivity contribution is -0.120. The van der Waals surface area contributed by atoms with Crippen molar-refractivity contribution in [2.75, 3.05) is 11.9 Å². The molecule has 6 nitrogen and oxygen atoms in total. The predicted molar refractivity (Wildman–Crippen MR) is 83.5 cm³/mol. The van der Waals surface area contributed by atoms with Gasteiger partial charge in [0, 0.05) is 6.54 Å². The summed E-state index contributed by atoms with van der Waals surface area (Å²) in [6.45, 7) is 4.19. The minimum atomic E-state index is -3.86. The Labute approximate surface area is 129 Å². The summed E-state index contributed by atoms with van der Waals surface area (Å²) in [6, 6.07) is 3.89. The molecule has 0 heterocycles. The van der Waals surface area contributed by atoms with Crippen LogP contribution in [0.4, 0.5) is 5.69 Å². The number of halogens is 1. The summed E-state index contributed by atoms with van der Waals surface area (Å²) in [5.41, 5.74) is 5.81. The number of carbonyl (C=O) groups is 1. The lowest BCUT2D eigenvalue weighted by Gasteiger charge is -2.17. The Morgan fingerprint density at radius 2 is 2.00 bits per heavy atom. The average Bonchev–Trinajstić information content (AvgIpc) is 2.36. The van der Waals surface area contributed by atoms with E-state index in [1.54, 1.807) is 0 Å². The van der Waals surface area contributed by atoms with E-state index >= 15 is 0 Å². The second-order valence-electron chi connectivity index (χ2n) is 5.24. The van der Waals surface area contributed by atoms with Gasteiger partial charge in [0.2, 0.25) is 15.9 Å². The molecule has 1 rings (SSSR count). The summed E-state index contributed by atoms with van der Waals surface area (Å²) in [7, 11) is -3.86. The molecule has 1 aromatic carbocycles. The summed E-state index contributed by atoms with van der Waals surface area (Å²) in [4.78, 5) is 12.0. The van der Waals surface area contributed by atoms with Crippen LogP contribution in [0.2, 0.25) is 5.02 Å². The minimum absolute atomic E-state index is 0.115. The smallest absolute Gasteiger partial charge is 0.238 e. The molecule has 0 aromatic heterocycles. The van der Waals surface area contributed by atoms with Crippen molar-refractivity contribution in [2.45, 2.75) is 25.2 Å². The van der Waals surface area contributed by atoms with Crippen LogP contribution in [0, 0.1) is 11.8 Å². The number of carbonyl (C=O) groups excluding carboxylic acids is 1. The maximum atomic E-state index is 12.2. The standard InChI is InChI=1S/C13H20ClN3O3S/c1-8(2)5-9(7-15)13(18)17-12-6-10(21(16,19)20)3-4-11(12)14/h3-4,6,8-9H,5,7,15H2,1-2H3,(H,17,18)(H2,16,19,20). The van der Waals surface area contributed by atoms with Crippen LogP contribution in [-0.2, 0) is 14.8 Å². The number of anilines is 1. The van der Waals surface area contributed by atoms with Crippen molar-refractivity contribution in [3.05, 3.63) is 23.2 Å². The first-order valence-electron chi connectivity index (χ1n) is 6.48. The molecule has 0 aliphatic heterocycles. The molecule has 0 saturated carbocycles. The number of hydrogen-bond acceptors (Lipinski definition) is 4. The maximum absolute atomic E-state index is 12.2. The molecule has 0 bridgehead atoms. The zero-order valence-electron chi connectivity index (χ0n) is 12.0. The molecule has 118 valence electrons. The summed E-state index contributed by atoms with van der Waals surface area (Å²) < 4.78 is 22.6. The molecule has 0 aliphatic carbocycles. The molecule has 0 radical (unpaired) electrons. The molecule has 0 saturated heterocycles. The van der Waals surface area contributed by atoms with Gasteiger partial charge in [0.15, 0.2) is 0 Å². The third-order valence-corrected chi connectivity index (χ3v) is 4.18. The Bertz CT molecular complexity index is 617. The van der Waals surface area contributed by atoms with E-state index in [4.69, 9.17) is 22.5 Å². The lowest BCUT2D eigenvalue weighted by atomic mass is 9.96. The van der Waals surface area contributed by atoms with Gasteiger partial charge in [-0.2, -0.15) is 0 Å². The Morgan fingerprint density at radius 1 is 1.38 bits per heavy atom. The second-order valence-corrected chi connectivity index (χ2v) is 7.21. The van der Waals surface area contributed by atoms with Crippen LogP contribution in [0.25, 0.3) is 0 Å². The quantitative estimate of drug-likeness (QED) is 0.732.